The number of carbonyl (C=O) groups is 1. The van der Waals surface area contributed by atoms with Gasteiger partial charge in [-0.05, 0) is 6.42 Å². The van der Waals surface area contributed by atoms with Crippen LogP contribution in [0.5, 0.6) is 0 Å². The van der Waals surface area contributed by atoms with Crippen LogP contribution in [0.4, 0.5) is 5.69 Å². The molecule has 0 aliphatic heterocycles. The summed E-state index contributed by atoms with van der Waals surface area (Å²) in [7, 11) is 1.79. The summed E-state index contributed by atoms with van der Waals surface area (Å²) >= 11 is 0. The second kappa shape index (κ2) is 5.73. The van der Waals surface area contributed by atoms with Gasteiger partial charge in [-0.3, -0.25) is 4.68 Å². The number of pyridine rings is 1. The summed E-state index contributed by atoms with van der Waals surface area (Å²) in [6.07, 6.45) is 5.74. The van der Waals surface area contributed by atoms with E-state index >= 15 is 0 Å². The molecule has 2 rings (SSSR count). The lowest BCUT2D eigenvalue weighted by atomic mass is 10.1. The van der Waals surface area contributed by atoms with E-state index in [1.54, 1.807) is 24.0 Å². The fourth-order valence-corrected chi connectivity index (χ4v) is 2.30. The zero-order valence-corrected chi connectivity index (χ0v) is 11.7. The highest BCUT2D eigenvalue weighted by atomic mass is 16.4. The zero-order chi connectivity index (χ0) is 14.7. The summed E-state index contributed by atoms with van der Waals surface area (Å²) < 4.78 is 1.64. The van der Waals surface area contributed by atoms with E-state index in [2.05, 4.69) is 23.6 Å². The van der Waals surface area contributed by atoms with Crippen molar-refractivity contribution in [3.63, 3.8) is 0 Å². The maximum absolute atomic E-state index is 11.5. The number of aromatic carboxylic acids is 1. The molecule has 2 heterocycles. The van der Waals surface area contributed by atoms with E-state index in [0.29, 0.717) is 17.9 Å². The first kappa shape index (κ1) is 14.0. The quantitative estimate of drug-likeness (QED) is 0.816. The van der Waals surface area contributed by atoms with E-state index in [9.17, 15) is 9.90 Å². The monoisotopic (exact) mass is 274 g/mol. The van der Waals surface area contributed by atoms with Gasteiger partial charge in [0.1, 0.15) is 5.56 Å². The largest absolute Gasteiger partial charge is 0.478 e. The van der Waals surface area contributed by atoms with Crippen molar-refractivity contribution in [1.82, 2.24) is 14.8 Å². The Balaban J connectivity index is 2.70. The van der Waals surface area contributed by atoms with Crippen molar-refractivity contribution in [3.8, 4) is 0 Å². The predicted octanol–water partition coefficient (Wildman–Crippen LogP) is 2.07. The number of fused-ring (bicyclic) bond motifs is 1. The first-order valence-electron chi connectivity index (χ1n) is 6.50. The van der Waals surface area contributed by atoms with Gasteiger partial charge in [-0.1, -0.05) is 13.0 Å². The number of rotatable bonds is 6. The Hall–Kier alpha value is -2.37. The van der Waals surface area contributed by atoms with E-state index < -0.39 is 5.97 Å². The van der Waals surface area contributed by atoms with Crippen LogP contribution in [0.15, 0.2) is 25.0 Å². The lowest BCUT2D eigenvalue weighted by molar-refractivity contribution is 0.0697. The third-order valence-corrected chi connectivity index (χ3v) is 3.12. The molecular weight excluding hydrogens is 256 g/mol. The van der Waals surface area contributed by atoms with Crippen LogP contribution < -0.4 is 4.90 Å². The Morgan fingerprint density at radius 1 is 1.55 bits per heavy atom. The van der Waals surface area contributed by atoms with Crippen LogP contribution in [0.25, 0.3) is 11.0 Å². The average Bonchev–Trinajstić information content (AvgIpc) is 2.79. The number of nitrogens with zero attached hydrogens (tertiary/aromatic N) is 4. The first-order valence-corrected chi connectivity index (χ1v) is 6.50. The Labute approximate surface area is 117 Å². The third-order valence-electron chi connectivity index (χ3n) is 3.12. The summed E-state index contributed by atoms with van der Waals surface area (Å²) in [6.45, 7) is 7.13. The van der Waals surface area contributed by atoms with Crippen molar-refractivity contribution < 1.29 is 9.90 Å². The van der Waals surface area contributed by atoms with Gasteiger partial charge < -0.3 is 10.0 Å². The average molecular weight is 274 g/mol. The Morgan fingerprint density at radius 2 is 2.30 bits per heavy atom. The number of carboxylic acids is 1. The van der Waals surface area contributed by atoms with Crippen molar-refractivity contribution in [1.29, 1.82) is 0 Å². The molecule has 0 amide bonds. The second-order valence-corrected chi connectivity index (χ2v) is 4.57. The number of aryl methyl sites for hydroxylation is 1. The van der Waals surface area contributed by atoms with Gasteiger partial charge in [0.2, 0.25) is 0 Å². The molecule has 0 spiro atoms. The minimum absolute atomic E-state index is 0.195. The van der Waals surface area contributed by atoms with Crippen LogP contribution >= 0.6 is 0 Å². The SMILES string of the molecule is C=CCN(CCC)c1c(C(=O)O)cnc2c1cnn2C. The molecule has 20 heavy (non-hydrogen) atoms. The van der Waals surface area contributed by atoms with Gasteiger partial charge in [-0.15, -0.1) is 6.58 Å². The Bertz CT molecular complexity index is 648. The number of aromatic nitrogens is 3. The maximum Gasteiger partial charge on any atom is 0.339 e. The molecule has 0 saturated carbocycles. The van der Waals surface area contributed by atoms with Crippen LogP contribution in [0, 0.1) is 0 Å². The normalized spacial score (nSPS) is 10.7. The molecule has 0 aliphatic carbocycles. The van der Waals surface area contributed by atoms with Gasteiger partial charge in [0.05, 0.1) is 17.3 Å². The molecule has 1 N–H and O–H groups in total. The Kier molecular flexibility index (Phi) is 4.02. The van der Waals surface area contributed by atoms with Crippen molar-refractivity contribution in [2.45, 2.75) is 13.3 Å². The molecule has 2 aromatic rings. The van der Waals surface area contributed by atoms with Gasteiger partial charge in [0.15, 0.2) is 5.65 Å². The molecule has 0 saturated heterocycles. The van der Waals surface area contributed by atoms with Crippen LogP contribution in [-0.2, 0) is 7.05 Å². The van der Waals surface area contributed by atoms with Gasteiger partial charge in [-0.2, -0.15) is 5.10 Å². The molecule has 6 nitrogen and oxygen atoms in total. The van der Waals surface area contributed by atoms with Crippen molar-refractivity contribution in [3.05, 3.63) is 30.6 Å². The number of hydrogen-bond acceptors (Lipinski definition) is 4. The fraction of sp³-hybridized carbons (Fsp3) is 0.357. The summed E-state index contributed by atoms with van der Waals surface area (Å²) in [6, 6.07) is 0. The number of carboxylic acid groups (broad SMARTS) is 1. The minimum atomic E-state index is -0.983. The Morgan fingerprint density at radius 3 is 2.90 bits per heavy atom. The topological polar surface area (TPSA) is 71.2 Å². The zero-order valence-electron chi connectivity index (χ0n) is 11.7. The molecule has 106 valence electrons. The van der Waals surface area contributed by atoms with Crippen molar-refractivity contribution >= 4 is 22.7 Å². The molecule has 0 aliphatic rings. The van der Waals surface area contributed by atoms with E-state index in [-0.39, 0.29) is 5.56 Å². The number of anilines is 1. The van der Waals surface area contributed by atoms with Gasteiger partial charge in [0, 0.05) is 26.3 Å². The fourth-order valence-electron chi connectivity index (χ4n) is 2.30. The van der Waals surface area contributed by atoms with Crippen LogP contribution in [-0.4, -0.2) is 38.9 Å². The van der Waals surface area contributed by atoms with Gasteiger partial charge in [0.25, 0.3) is 0 Å². The highest BCUT2D eigenvalue weighted by molar-refractivity contribution is 6.03. The lowest BCUT2D eigenvalue weighted by Crippen LogP contribution is -2.26. The third kappa shape index (κ3) is 2.36. The highest BCUT2D eigenvalue weighted by Crippen LogP contribution is 2.29. The molecule has 6 heteroatoms. The summed E-state index contributed by atoms with van der Waals surface area (Å²) in [5.41, 5.74) is 1.54. The highest BCUT2D eigenvalue weighted by Gasteiger charge is 2.20. The summed E-state index contributed by atoms with van der Waals surface area (Å²) in [5.74, 6) is -0.983. The molecule has 0 atom stereocenters. The lowest BCUT2D eigenvalue weighted by Gasteiger charge is -2.24. The molecule has 0 radical (unpaired) electrons. The molecule has 0 fully saturated rings. The van der Waals surface area contributed by atoms with Crippen molar-refractivity contribution in [2.75, 3.05) is 18.0 Å². The molecular formula is C14H18N4O2. The smallest absolute Gasteiger partial charge is 0.339 e. The maximum atomic E-state index is 11.5. The van der Waals surface area contributed by atoms with E-state index in [0.717, 1.165) is 18.4 Å². The molecule has 2 aromatic heterocycles. The van der Waals surface area contributed by atoms with E-state index in [4.69, 9.17) is 0 Å². The van der Waals surface area contributed by atoms with Crippen molar-refractivity contribution in [2.24, 2.45) is 7.05 Å². The molecule has 0 unspecified atom stereocenters. The van der Waals surface area contributed by atoms with Gasteiger partial charge >= 0.3 is 5.97 Å². The number of hydrogen-bond donors (Lipinski definition) is 1. The van der Waals surface area contributed by atoms with Crippen LogP contribution in [0.2, 0.25) is 0 Å². The van der Waals surface area contributed by atoms with E-state index in [1.165, 1.54) is 6.20 Å². The van der Waals surface area contributed by atoms with Crippen LogP contribution in [0.3, 0.4) is 0 Å². The molecule has 0 aromatic carbocycles. The van der Waals surface area contributed by atoms with Crippen LogP contribution in [0.1, 0.15) is 23.7 Å². The minimum Gasteiger partial charge on any atom is -0.478 e. The standard InChI is InChI=1S/C14H18N4O2/c1-4-6-18(7-5-2)12-10-9-16-17(3)13(10)15-8-11(12)14(19)20/h4,8-9H,1,5-7H2,2-3H3,(H,19,20). The second-order valence-electron chi connectivity index (χ2n) is 4.57. The van der Waals surface area contributed by atoms with E-state index in [1.807, 2.05) is 4.90 Å². The molecule has 0 bridgehead atoms. The predicted molar refractivity (Wildman–Crippen MR) is 78.2 cm³/mol. The van der Waals surface area contributed by atoms with Gasteiger partial charge in [-0.25, -0.2) is 9.78 Å². The first-order chi connectivity index (χ1) is 9.60. The summed E-state index contributed by atoms with van der Waals surface area (Å²) in [4.78, 5) is 17.7. The summed E-state index contributed by atoms with van der Waals surface area (Å²) in [5, 5.41) is 14.3.